The van der Waals surface area contributed by atoms with Gasteiger partial charge in [0.05, 0.1) is 101 Å². The summed E-state index contributed by atoms with van der Waals surface area (Å²) in [4.78, 5) is 26.2. The molecule has 43 heavy (non-hydrogen) atoms. The van der Waals surface area contributed by atoms with Crippen LogP contribution < -0.4 is 23.7 Å². The molecule has 0 atom stereocenters. The fraction of sp³-hybridized carbons (Fsp3) is 0.533. The Kier molecular flexibility index (Phi) is 17.7. The van der Waals surface area contributed by atoms with Crippen molar-refractivity contribution < 1.29 is 62.1 Å². The molecule has 0 aliphatic carbocycles. The largest absolute Gasteiger partial charge is 0.497 e. The predicted molar refractivity (Wildman–Crippen MR) is 154 cm³/mol. The lowest BCUT2D eigenvalue weighted by molar-refractivity contribution is -0.0146. The number of carbonyl (C=O) groups excluding carboxylic acids is 2. The van der Waals surface area contributed by atoms with E-state index in [1.54, 1.807) is 6.07 Å². The van der Waals surface area contributed by atoms with Gasteiger partial charge in [-0.25, -0.2) is 0 Å². The van der Waals surface area contributed by atoms with Gasteiger partial charge in [0.2, 0.25) is 17.3 Å². The summed E-state index contributed by atoms with van der Waals surface area (Å²) in [5.41, 5.74) is 0.182. The number of ketones is 2. The molecule has 2 aromatic rings. The molecule has 0 spiro atoms. The number of benzene rings is 2. The minimum atomic E-state index is -0.763. The van der Waals surface area contributed by atoms with Crippen molar-refractivity contribution in [2.45, 2.75) is 0 Å². The van der Waals surface area contributed by atoms with E-state index >= 15 is 0 Å². The van der Waals surface area contributed by atoms with Gasteiger partial charge in [-0.3, -0.25) is 9.59 Å². The standard InChI is InChI=1S/C30H42O13/c1-34-24-17-22(28(32)29(33)23-19-26(35-2)30(37-4)27(20-23)36-3)18-25(21-24)43-16-15-42-14-13-41-12-11-40-10-9-39-8-7-38-6-5-31/h17-21,31H,5-16H2,1-4H3. The first kappa shape index (κ1) is 35.7. The van der Waals surface area contributed by atoms with Crippen molar-refractivity contribution in [2.75, 3.05) is 108 Å². The van der Waals surface area contributed by atoms with Crippen LogP contribution in [0.4, 0.5) is 0 Å². The van der Waals surface area contributed by atoms with E-state index in [-0.39, 0.29) is 42.4 Å². The Morgan fingerprint density at radius 1 is 0.512 bits per heavy atom. The van der Waals surface area contributed by atoms with Gasteiger partial charge in [0.25, 0.3) is 0 Å². The van der Waals surface area contributed by atoms with Crippen molar-refractivity contribution in [1.29, 1.82) is 0 Å². The molecule has 0 radical (unpaired) electrons. The van der Waals surface area contributed by atoms with Gasteiger partial charge in [0.1, 0.15) is 18.1 Å². The minimum Gasteiger partial charge on any atom is -0.497 e. The molecule has 0 aliphatic rings. The maximum Gasteiger partial charge on any atom is 0.233 e. The summed E-state index contributed by atoms with van der Waals surface area (Å²) in [6, 6.07) is 7.39. The van der Waals surface area contributed by atoms with E-state index in [2.05, 4.69) is 0 Å². The number of ether oxygens (including phenoxy) is 10. The van der Waals surface area contributed by atoms with E-state index in [0.717, 1.165) is 0 Å². The second-order valence-electron chi connectivity index (χ2n) is 8.60. The zero-order chi connectivity index (χ0) is 31.3. The van der Waals surface area contributed by atoms with E-state index in [1.807, 2.05) is 0 Å². The van der Waals surface area contributed by atoms with Gasteiger partial charge >= 0.3 is 0 Å². The normalized spacial score (nSPS) is 10.8. The summed E-state index contributed by atoms with van der Waals surface area (Å²) in [5.74, 6) is 0.00114. The second-order valence-corrected chi connectivity index (χ2v) is 8.60. The molecule has 0 unspecified atom stereocenters. The van der Waals surface area contributed by atoms with Crippen LogP contribution in [0.3, 0.4) is 0 Å². The van der Waals surface area contributed by atoms with Gasteiger partial charge in [-0.1, -0.05) is 0 Å². The third kappa shape index (κ3) is 12.7. The Balaban J connectivity index is 1.73. The highest BCUT2D eigenvalue weighted by atomic mass is 16.6. The Morgan fingerprint density at radius 2 is 0.930 bits per heavy atom. The zero-order valence-corrected chi connectivity index (χ0v) is 25.2. The van der Waals surface area contributed by atoms with Gasteiger partial charge in [0.15, 0.2) is 11.5 Å². The van der Waals surface area contributed by atoms with Gasteiger partial charge in [0, 0.05) is 17.2 Å². The molecule has 13 nitrogen and oxygen atoms in total. The molecule has 240 valence electrons. The number of methoxy groups -OCH3 is 4. The Labute approximate surface area is 251 Å². The summed E-state index contributed by atoms with van der Waals surface area (Å²) in [6.07, 6.45) is 0. The van der Waals surface area contributed by atoms with Crippen molar-refractivity contribution in [3.63, 3.8) is 0 Å². The van der Waals surface area contributed by atoms with Crippen LogP contribution in [0, 0.1) is 0 Å². The van der Waals surface area contributed by atoms with E-state index in [0.29, 0.717) is 76.7 Å². The third-order valence-electron chi connectivity index (χ3n) is 5.73. The highest BCUT2D eigenvalue weighted by Gasteiger charge is 2.24. The van der Waals surface area contributed by atoms with Crippen LogP contribution in [-0.4, -0.2) is 124 Å². The lowest BCUT2D eigenvalue weighted by atomic mass is 10.00. The molecule has 2 aromatic carbocycles. The van der Waals surface area contributed by atoms with Gasteiger partial charge in [-0.2, -0.15) is 0 Å². The first-order valence-corrected chi connectivity index (χ1v) is 13.7. The number of hydrogen-bond acceptors (Lipinski definition) is 13. The highest BCUT2D eigenvalue weighted by Crippen LogP contribution is 2.38. The molecular weight excluding hydrogens is 568 g/mol. The van der Waals surface area contributed by atoms with Crippen LogP contribution in [0.25, 0.3) is 0 Å². The molecule has 0 aliphatic heterocycles. The number of hydrogen-bond donors (Lipinski definition) is 1. The van der Waals surface area contributed by atoms with Crippen molar-refractivity contribution >= 4 is 11.6 Å². The van der Waals surface area contributed by atoms with Crippen LogP contribution in [0.15, 0.2) is 30.3 Å². The Hall–Kier alpha value is -3.46. The number of carbonyl (C=O) groups is 2. The molecule has 0 fully saturated rings. The number of rotatable bonds is 25. The number of aliphatic hydroxyl groups excluding tert-OH is 1. The third-order valence-corrected chi connectivity index (χ3v) is 5.73. The SMILES string of the molecule is COc1cc(OCCOCCOCCOCCOCCOCCO)cc(C(=O)C(=O)c2cc(OC)c(OC)c(OC)c2)c1. The number of Topliss-reactive ketones (excluding diaryl/α,β-unsaturated/α-hetero) is 2. The predicted octanol–water partition coefficient (Wildman–Crippen LogP) is 2.24. The van der Waals surface area contributed by atoms with Crippen molar-refractivity contribution in [2.24, 2.45) is 0 Å². The van der Waals surface area contributed by atoms with Crippen LogP contribution >= 0.6 is 0 Å². The highest BCUT2D eigenvalue weighted by molar-refractivity contribution is 6.49. The first-order valence-electron chi connectivity index (χ1n) is 13.7. The van der Waals surface area contributed by atoms with E-state index in [1.165, 1.54) is 52.7 Å². The van der Waals surface area contributed by atoms with Crippen LogP contribution in [0.5, 0.6) is 28.7 Å². The van der Waals surface area contributed by atoms with Crippen LogP contribution in [0.2, 0.25) is 0 Å². The van der Waals surface area contributed by atoms with Crippen molar-refractivity contribution in [3.8, 4) is 28.7 Å². The maximum absolute atomic E-state index is 13.1. The molecule has 13 heteroatoms. The average Bonchev–Trinajstić information content (AvgIpc) is 3.04. The second kappa shape index (κ2) is 21.3. The van der Waals surface area contributed by atoms with Crippen molar-refractivity contribution in [3.05, 3.63) is 41.5 Å². The van der Waals surface area contributed by atoms with Gasteiger partial charge < -0.3 is 52.5 Å². The topological polar surface area (TPSA) is 147 Å². The fourth-order valence-electron chi connectivity index (χ4n) is 3.64. The summed E-state index contributed by atoms with van der Waals surface area (Å²) in [6.45, 7) is 4.22. The quantitative estimate of drug-likeness (QED) is 0.0997. The lowest BCUT2D eigenvalue weighted by Crippen LogP contribution is -2.16. The van der Waals surface area contributed by atoms with E-state index in [4.69, 9.17) is 52.5 Å². The molecule has 0 amide bonds. The summed E-state index contributed by atoms with van der Waals surface area (Å²) >= 11 is 0. The first-order chi connectivity index (χ1) is 21.0. The molecule has 0 bridgehead atoms. The smallest absolute Gasteiger partial charge is 0.233 e. The Morgan fingerprint density at radius 3 is 1.35 bits per heavy atom. The summed E-state index contributed by atoms with van der Waals surface area (Å²) in [5, 5.41) is 8.60. The maximum atomic E-state index is 13.1. The molecular formula is C30H42O13. The summed E-state index contributed by atoms with van der Waals surface area (Å²) in [7, 11) is 5.75. The molecule has 0 saturated carbocycles. The minimum absolute atomic E-state index is 0.000628. The van der Waals surface area contributed by atoms with Crippen LogP contribution in [-0.2, 0) is 23.7 Å². The Bertz CT molecular complexity index is 1080. The number of aliphatic hydroxyl groups is 1. The fourth-order valence-corrected chi connectivity index (χ4v) is 3.64. The average molecular weight is 611 g/mol. The van der Waals surface area contributed by atoms with Crippen molar-refractivity contribution in [1.82, 2.24) is 0 Å². The monoisotopic (exact) mass is 610 g/mol. The molecule has 0 heterocycles. The van der Waals surface area contributed by atoms with E-state index in [9.17, 15) is 9.59 Å². The lowest BCUT2D eigenvalue weighted by Gasteiger charge is -2.14. The van der Waals surface area contributed by atoms with Gasteiger partial charge in [-0.15, -0.1) is 0 Å². The molecule has 1 N–H and O–H groups in total. The molecule has 0 aromatic heterocycles. The molecule has 0 saturated heterocycles. The summed E-state index contributed by atoms with van der Waals surface area (Å²) < 4.78 is 53.7. The molecule has 2 rings (SSSR count). The van der Waals surface area contributed by atoms with Crippen LogP contribution in [0.1, 0.15) is 20.7 Å². The van der Waals surface area contributed by atoms with Gasteiger partial charge in [-0.05, 0) is 24.3 Å². The zero-order valence-electron chi connectivity index (χ0n) is 25.2. The van der Waals surface area contributed by atoms with E-state index < -0.39 is 11.6 Å².